The molecule has 2 aromatic carbocycles. The summed E-state index contributed by atoms with van der Waals surface area (Å²) < 4.78 is 32.7. The molecule has 0 aromatic heterocycles. The molecule has 146 valence electrons. The molecule has 0 unspecified atom stereocenters. The number of ether oxygens (including phenoxy) is 1. The van der Waals surface area contributed by atoms with Gasteiger partial charge in [0.2, 0.25) is 10.0 Å². The Morgan fingerprint density at radius 2 is 2.00 bits per heavy atom. The van der Waals surface area contributed by atoms with Crippen LogP contribution in [0.3, 0.4) is 0 Å². The van der Waals surface area contributed by atoms with Gasteiger partial charge < -0.3 is 4.74 Å². The largest absolute Gasteiger partial charge is 0.457 e. The van der Waals surface area contributed by atoms with Crippen molar-refractivity contribution >= 4 is 16.0 Å². The van der Waals surface area contributed by atoms with Crippen molar-refractivity contribution in [3.05, 3.63) is 65.2 Å². The molecule has 7 heteroatoms. The maximum Gasteiger partial charge on any atom is 0.338 e. The van der Waals surface area contributed by atoms with E-state index in [0.29, 0.717) is 17.7 Å². The van der Waals surface area contributed by atoms with E-state index in [1.807, 2.05) is 6.92 Å². The topological polar surface area (TPSA) is 87.5 Å². The molecular weight excluding hydrogens is 376 g/mol. The Morgan fingerprint density at radius 1 is 1.21 bits per heavy atom. The summed E-state index contributed by atoms with van der Waals surface area (Å²) in [5.74, 6) is -0.628. The average molecular weight is 398 g/mol. The van der Waals surface area contributed by atoms with Crippen LogP contribution < -0.4 is 0 Å². The lowest BCUT2D eigenvalue weighted by Crippen LogP contribution is -2.41. The Kier molecular flexibility index (Phi) is 6.12. The van der Waals surface area contributed by atoms with Gasteiger partial charge in [-0.1, -0.05) is 30.7 Å². The van der Waals surface area contributed by atoms with Gasteiger partial charge in [-0.2, -0.15) is 9.57 Å². The monoisotopic (exact) mass is 398 g/mol. The van der Waals surface area contributed by atoms with Crippen molar-refractivity contribution < 1.29 is 17.9 Å². The molecule has 0 spiro atoms. The molecule has 0 saturated carbocycles. The zero-order chi connectivity index (χ0) is 20.1. The second-order valence-corrected chi connectivity index (χ2v) is 8.72. The first-order valence-corrected chi connectivity index (χ1v) is 10.6. The Hall–Kier alpha value is -2.69. The third-order valence-corrected chi connectivity index (χ3v) is 6.92. The van der Waals surface area contributed by atoms with E-state index in [1.54, 1.807) is 30.3 Å². The van der Waals surface area contributed by atoms with Gasteiger partial charge >= 0.3 is 5.97 Å². The van der Waals surface area contributed by atoms with Crippen LogP contribution in [0.2, 0.25) is 0 Å². The summed E-state index contributed by atoms with van der Waals surface area (Å²) >= 11 is 0. The normalized spacial score (nSPS) is 17.6. The fraction of sp³-hybridized carbons (Fsp3) is 0.333. The van der Waals surface area contributed by atoms with Crippen molar-refractivity contribution in [2.45, 2.75) is 43.7 Å². The molecule has 6 nitrogen and oxygen atoms in total. The lowest BCUT2D eigenvalue weighted by Gasteiger charge is -2.32. The molecule has 1 atom stereocenters. The van der Waals surface area contributed by atoms with Crippen molar-refractivity contribution in [3.8, 4) is 6.07 Å². The maximum absolute atomic E-state index is 13.0. The van der Waals surface area contributed by atoms with Crippen molar-refractivity contribution in [1.82, 2.24) is 4.31 Å². The number of esters is 1. The highest BCUT2D eigenvalue weighted by molar-refractivity contribution is 7.89. The maximum atomic E-state index is 13.0. The van der Waals surface area contributed by atoms with Gasteiger partial charge in [0.05, 0.1) is 22.1 Å². The van der Waals surface area contributed by atoms with Gasteiger partial charge in [-0.25, -0.2) is 13.2 Å². The van der Waals surface area contributed by atoms with Crippen LogP contribution in [0.1, 0.15) is 47.7 Å². The Balaban J connectivity index is 1.77. The van der Waals surface area contributed by atoms with Crippen LogP contribution in [-0.4, -0.2) is 31.3 Å². The van der Waals surface area contributed by atoms with Gasteiger partial charge in [-0.05, 0) is 44.0 Å². The minimum Gasteiger partial charge on any atom is -0.457 e. The van der Waals surface area contributed by atoms with Crippen LogP contribution in [0.15, 0.2) is 53.4 Å². The van der Waals surface area contributed by atoms with Crippen LogP contribution in [0.25, 0.3) is 0 Å². The number of benzene rings is 2. The first kappa shape index (κ1) is 20.1. The van der Waals surface area contributed by atoms with E-state index in [0.717, 1.165) is 19.3 Å². The quantitative estimate of drug-likeness (QED) is 0.720. The fourth-order valence-electron chi connectivity index (χ4n) is 3.33. The number of rotatable bonds is 5. The lowest BCUT2D eigenvalue weighted by molar-refractivity contribution is 0.0472. The molecule has 1 saturated heterocycles. The second kappa shape index (κ2) is 8.55. The zero-order valence-corrected chi connectivity index (χ0v) is 16.5. The smallest absolute Gasteiger partial charge is 0.338 e. The van der Waals surface area contributed by atoms with Crippen molar-refractivity contribution in [2.24, 2.45) is 0 Å². The molecule has 0 amide bonds. The average Bonchev–Trinajstić information content (AvgIpc) is 2.72. The summed E-state index contributed by atoms with van der Waals surface area (Å²) in [5.41, 5.74) is 1.20. The number of sulfonamides is 1. The van der Waals surface area contributed by atoms with Crippen LogP contribution in [0, 0.1) is 11.3 Å². The van der Waals surface area contributed by atoms with E-state index in [2.05, 4.69) is 6.07 Å². The summed E-state index contributed by atoms with van der Waals surface area (Å²) in [4.78, 5) is 12.5. The van der Waals surface area contributed by atoms with Gasteiger partial charge in [-0.15, -0.1) is 0 Å². The molecule has 28 heavy (non-hydrogen) atoms. The van der Waals surface area contributed by atoms with Gasteiger partial charge in [0.15, 0.2) is 0 Å². The van der Waals surface area contributed by atoms with E-state index >= 15 is 0 Å². The number of hydrogen-bond donors (Lipinski definition) is 0. The molecule has 1 heterocycles. The van der Waals surface area contributed by atoms with Crippen molar-refractivity contribution in [2.75, 3.05) is 6.54 Å². The summed E-state index contributed by atoms with van der Waals surface area (Å²) in [6.07, 6.45) is 2.69. The molecule has 0 bridgehead atoms. The van der Waals surface area contributed by atoms with Gasteiger partial charge in [0.25, 0.3) is 0 Å². The van der Waals surface area contributed by atoms with Gasteiger partial charge in [0.1, 0.15) is 6.61 Å². The minimum absolute atomic E-state index is 0.0529. The number of piperidine rings is 1. The van der Waals surface area contributed by atoms with Crippen LogP contribution in [-0.2, 0) is 21.4 Å². The number of nitriles is 1. The Labute approximate surface area is 165 Å². The predicted molar refractivity (Wildman–Crippen MR) is 104 cm³/mol. The highest BCUT2D eigenvalue weighted by Crippen LogP contribution is 2.25. The standard InChI is InChI=1S/C21H22N2O4S/c1-16-7-4-5-12-23(16)28(25,26)20-11-6-10-17(13-20)21(24)27-15-19-9-3-2-8-18(19)14-22/h2-3,6,8-11,13,16H,4-5,7,12,15H2,1H3/t16-/m0/s1. The molecule has 0 aliphatic carbocycles. The van der Waals surface area contributed by atoms with Crippen LogP contribution >= 0.6 is 0 Å². The van der Waals surface area contributed by atoms with Crippen LogP contribution in [0.4, 0.5) is 0 Å². The summed E-state index contributed by atoms with van der Waals surface area (Å²) in [5, 5.41) is 9.11. The van der Waals surface area contributed by atoms with E-state index in [-0.39, 0.29) is 23.1 Å². The number of carbonyl (C=O) groups is 1. The molecule has 0 N–H and O–H groups in total. The summed E-state index contributed by atoms with van der Waals surface area (Å²) in [7, 11) is -3.66. The molecule has 1 aliphatic rings. The highest BCUT2D eigenvalue weighted by Gasteiger charge is 2.31. The fourth-order valence-corrected chi connectivity index (χ4v) is 5.08. The minimum atomic E-state index is -3.66. The molecule has 1 fully saturated rings. The zero-order valence-electron chi connectivity index (χ0n) is 15.7. The van der Waals surface area contributed by atoms with Gasteiger partial charge in [-0.3, -0.25) is 0 Å². The number of nitrogens with zero attached hydrogens (tertiary/aromatic N) is 2. The SMILES string of the molecule is C[C@H]1CCCCN1S(=O)(=O)c1cccc(C(=O)OCc2ccccc2C#N)c1. The number of hydrogen-bond acceptors (Lipinski definition) is 5. The van der Waals surface area contributed by atoms with Crippen LogP contribution in [0.5, 0.6) is 0 Å². The number of carbonyl (C=O) groups excluding carboxylic acids is 1. The first-order valence-electron chi connectivity index (χ1n) is 9.20. The Bertz CT molecular complexity index is 1010. The molecule has 2 aromatic rings. The van der Waals surface area contributed by atoms with Crippen molar-refractivity contribution in [1.29, 1.82) is 5.26 Å². The highest BCUT2D eigenvalue weighted by atomic mass is 32.2. The van der Waals surface area contributed by atoms with Gasteiger partial charge in [0, 0.05) is 18.2 Å². The third-order valence-electron chi connectivity index (χ3n) is 4.91. The van der Waals surface area contributed by atoms with E-state index in [1.165, 1.54) is 22.5 Å². The lowest BCUT2D eigenvalue weighted by atomic mass is 10.1. The molecule has 1 aliphatic heterocycles. The second-order valence-electron chi connectivity index (χ2n) is 6.83. The Morgan fingerprint density at radius 3 is 2.75 bits per heavy atom. The predicted octanol–water partition coefficient (Wildman–Crippen LogP) is 3.48. The van der Waals surface area contributed by atoms with Crippen molar-refractivity contribution in [3.63, 3.8) is 0 Å². The van der Waals surface area contributed by atoms with E-state index < -0.39 is 16.0 Å². The molecule has 3 rings (SSSR count). The summed E-state index contributed by atoms with van der Waals surface area (Å²) in [6, 6.07) is 14.8. The first-order chi connectivity index (χ1) is 13.4. The van der Waals surface area contributed by atoms with E-state index in [4.69, 9.17) is 10.00 Å². The molecule has 0 radical (unpaired) electrons. The molecular formula is C21H22N2O4S. The third kappa shape index (κ3) is 4.24. The van der Waals surface area contributed by atoms with E-state index in [9.17, 15) is 13.2 Å². The summed E-state index contributed by atoms with van der Waals surface area (Å²) in [6.45, 7) is 2.34.